The summed E-state index contributed by atoms with van der Waals surface area (Å²) in [6.45, 7) is 2.04. The fraction of sp³-hybridized carbons (Fsp3) is 0.0476. The van der Waals surface area contributed by atoms with Crippen molar-refractivity contribution in [3.8, 4) is 11.3 Å². The van der Waals surface area contributed by atoms with Gasteiger partial charge >= 0.3 is 0 Å². The van der Waals surface area contributed by atoms with Crippen molar-refractivity contribution in [2.45, 2.75) is 6.92 Å². The Bertz CT molecular complexity index is 1350. The highest BCUT2D eigenvalue weighted by atomic mass is 35.5. The average molecular weight is 403 g/mol. The Balaban J connectivity index is 1.35. The summed E-state index contributed by atoms with van der Waals surface area (Å²) in [7, 11) is 0. The number of H-pyrrole nitrogens is 1. The minimum absolute atomic E-state index is 0.294. The molecule has 3 aromatic heterocycles. The smallest absolute Gasteiger partial charge is 0.265 e. The maximum absolute atomic E-state index is 5.92. The summed E-state index contributed by atoms with van der Waals surface area (Å²) in [6, 6.07) is 17.2. The summed E-state index contributed by atoms with van der Waals surface area (Å²) in [5, 5.41) is 14.2. The molecule has 0 saturated heterocycles. The average Bonchev–Trinajstić information content (AvgIpc) is 3.34. The second kappa shape index (κ2) is 7.03. The molecule has 0 aliphatic heterocycles. The number of aromatic nitrogens is 4. The van der Waals surface area contributed by atoms with Crippen molar-refractivity contribution in [1.29, 1.82) is 0 Å². The number of halogens is 1. The van der Waals surface area contributed by atoms with Gasteiger partial charge in [-0.25, -0.2) is 5.43 Å². The molecule has 0 aliphatic rings. The third-order valence-electron chi connectivity index (χ3n) is 4.57. The van der Waals surface area contributed by atoms with Crippen molar-refractivity contribution in [1.82, 2.24) is 20.2 Å². The fourth-order valence-corrected chi connectivity index (χ4v) is 3.26. The number of rotatable bonds is 4. The topological polar surface area (TPSA) is 92.0 Å². The molecule has 0 unspecified atom stereocenters. The van der Waals surface area contributed by atoms with E-state index in [1.165, 1.54) is 0 Å². The van der Waals surface area contributed by atoms with Crippen molar-refractivity contribution in [3.05, 3.63) is 70.9 Å². The molecular weight excluding hydrogens is 388 g/mol. The Morgan fingerprint density at radius 1 is 1.07 bits per heavy atom. The van der Waals surface area contributed by atoms with E-state index < -0.39 is 0 Å². The zero-order valence-corrected chi connectivity index (χ0v) is 16.1. The van der Waals surface area contributed by atoms with Gasteiger partial charge in [0.15, 0.2) is 5.65 Å². The third kappa shape index (κ3) is 3.32. The van der Waals surface area contributed by atoms with Crippen molar-refractivity contribution in [2.75, 3.05) is 5.43 Å². The van der Waals surface area contributed by atoms with E-state index in [2.05, 4.69) is 30.7 Å². The number of hydrazone groups is 1. The minimum atomic E-state index is 0.294. The van der Waals surface area contributed by atoms with Crippen molar-refractivity contribution in [3.63, 3.8) is 0 Å². The van der Waals surface area contributed by atoms with E-state index in [0.29, 0.717) is 22.4 Å². The number of anilines is 1. The first kappa shape index (κ1) is 17.4. The molecule has 3 heterocycles. The molecule has 0 amide bonds. The fourth-order valence-electron chi connectivity index (χ4n) is 3.14. The zero-order valence-electron chi connectivity index (χ0n) is 15.3. The number of benzene rings is 2. The molecule has 2 aromatic carbocycles. The summed E-state index contributed by atoms with van der Waals surface area (Å²) in [5.74, 6) is 1.62. The Morgan fingerprint density at radius 3 is 2.79 bits per heavy atom. The van der Waals surface area contributed by atoms with Crippen LogP contribution in [0.2, 0.25) is 5.02 Å². The highest BCUT2D eigenvalue weighted by Gasteiger charge is 2.10. The molecule has 7 nitrogen and oxygen atoms in total. The normalized spacial score (nSPS) is 11.7. The van der Waals surface area contributed by atoms with E-state index in [9.17, 15) is 0 Å². The first-order valence-electron chi connectivity index (χ1n) is 8.94. The number of nitrogens with one attached hydrogen (secondary N) is 2. The number of hydrogen-bond donors (Lipinski definition) is 2. The summed E-state index contributed by atoms with van der Waals surface area (Å²) >= 11 is 5.92. The van der Waals surface area contributed by atoms with Crippen molar-refractivity contribution < 1.29 is 4.42 Å². The molecular formula is C21H15ClN6O. The van der Waals surface area contributed by atoms with E-state index >= 15 is 0 Å². The summed E-state index contributed by atoms with van der Waals surface area (Å²) < 4.78 is 5.78. The third-order valence-corrected chi connectivity index (χ3v) is 4.82. The maximum Gasteiger partial charge on any atom is 0.265 e. The van der Waals surface area contributed by atoms with Crippen LogP contribution in [0.4, 0.5) is 5.95 Å². The highest BCUT2D eigenvalue weighted by Crippen LogP contribution is 2.25. The summed E-state index contributed by atoms with van der Waals surface area (Å²) in [5.41, 5.74) is 7.26. The first-order valence-corrected chi connectivity index (χ1v) is 9.32. The number of aryl methyl sites for hydroxylation is 1. The number of fused-ring (bicyclic) bond motifs is 3. The molecule has 0 bridgehead atoms. The molecule has 5 rings (SSSR count). The highest BCUT2D eigenvalue weighted by molar-refractivity contribution is 6.30. The van der Waals surface area contributed by atoms with Crippen LogP contribution in [0.3, 0.4) is 0 Å². The number of aromatic amines is 1. The molecule has 2 N–H and O–H groups in total. The Kier molecular flexibility index (Phi) is 4.22. The quantitative estimate of drug-likeness (QED) is 0.319. The first-order chi connectivity index (χ1) is 14.2. The Morgan fingerprint density at radius 2 is 1.93 bits per heavy atom. The van der Waals surface area contributed by atoms with E-state index in [-0.39, 0.29) is 0 Å². The molecule has 0 aliphatic carbocycles. The van der Waals surface area contributed by atoms with Crippen LogP contribution in [0.15, 0.2) is 64.1 Å². The number of hydrogen-bond acceptors (Lipinski definition) is 6. The van der Waals surface area contributed by atoms with Gasteiger partial charge in [-0.3, -0.25) is 0 Å². The molecule has 0 radical (unpaired) electrons. The molecule has 0 atom stereocenters. The molecule has 29 heavy (non-hydrogen) atoms. The van der Waals surface area contributed by atoms with Gasteiger partial charge in [0.05, 0.1) is 11.7 Å². The largest absolute Gasteiger partial charge is 0.455 e. The predicted octanol–water partition coefficient (Wildman–Crippen LogP) is 5.17. The Labute approximate surface area is 170 Å². The van der Waals surface area contributed by atoms with E-state index in [1.807, 2.05) is 61.5 Å². The number of para-hydroxylation sites is 1. The molecule has 8 heteroatoms. The number of nitrogens with zero attached hydrogens (tertiary/aromatic N) is 4. The summed E-state index contributed by atoms with van der Waals surface area (Å²) in [4.78, 5) is 7.74. The second-order valence-electron chi connectivity index (χ2n) is 6.53. The standard InChI is InChI=1S/C21H15ClN6O/c1-12-3-2-4-16-18(12)24-20-19(16)26-28-21(25-20)27-23-11-15-9-10-17(29-15)13-5-7-14(22)8-6-13/h2-11H,1H3,(H2,24,25,27,28)/b23-11+. The van der Waals surface area contributed by atoms with Gasteiger partial charge in [-0.05, 0) is 48.9 Å². The van der Waals surface area contributed by atoms with Crippen LogP contribution < -0.4 is 5.43 Å². The van der Waals surface area contributed by atoms with Crippen LogP contribution in [0, 0.1) is 6.92 Å². The van der Waals surface area contributed by atoms with Gasteiger partial charge in [0, 0.05) is 16.0 Å². The van der Waals surface area contributed by atoms with Crippen LogP contribution in [0.25, 0.3) is 33.4 Å². The summed E-state index contributed by atoms with van der Waals surface area (Å²) in [6.07, 6.45) is 1.56. The van der Waals surface area contributed by atoms with Crippen LogP contribution in [-0.2, 0) is 0 Å². The van der Waals surface area contributed by atoms with Gasteiger partial charge in [0.2, 0.25) is 0 Å². The number of furan rings is 1. The lowest BCUT2D eigenvalue weighted by atomic mass is 10.1. The lowest BCUT2D eigenvalue weighted by Gasteiger charge is -1.97. The SMILES string of the molecule is Cc1cccc2c1[nH]c1nc(N/N=C/c3ccc(-c4ccc(Cl)cc4)o3)nnc12. The molecule has 5 aromatic rings. The van der Waals surface area contributed by atoms with Crippen LogP contribution in [0.5, 0.6) is 0 Å². The van der Waals surface area contributed by atoms with Gasteiger partial charge in [-0.2, -0.15) is 10.1 Å². The minimum Gasteiger partial charge on any atom is -0.455 e. The molecule has 0 fully saturated rings. The van der Waals surface area contributed by atoms with Crippen LogP contribution >= 0.6 is 11.6 Å². The van der Waals surface area contributed by atoms with Gasteiger partial charge < -0.3 is 9.40 Å². The second-order valence-corrected chi connectivity index (χ2v) is 6.97. The van der Waals surface area contributed by atoms with Gasteiger partial charge in [0.25, 0.3) is 5.95 Å². The Hall–Kier alpha value is -3.71. The van der Waals surface area contributed by atoms with Gasteiger partial charge in [-0.1, -0.05) is 29.8 Å². The zero-order chi connectivity index (χ0) is 19.8. The monoisotopic (exact) mass is 402 g/mol. The van der Waals surface area contributed by atoms with Gasteiger partial charge in [-0.15, -0.1) is 10.2 Å². The van der Waals surface area contributed by atoms with E-state index in [4.69, 9.17) is 16.0 Å². The maximum atomic E-state index is 5.92. The lowest BCUT2D eigenvalue weighted by molar-refractivity contribution is 0.575. The van der Waals surface area contributed by atoms with Crippen molar-refractivity contribution in [2.24, 2.45) is 5.10 Å². The lowest BCUT2D eigenvalue weighted by Crippen LogP contribution is -1.98. The van der Waals surface area contributed by atoms with Crippen LogP contribution in [0.1, 0.15) is 11.3 Å². The van der Waals surface area contributed by atoms with Crippen molar-refractivity contribution >= 4 is 45.8 Å². The van der Waals surface area contributed by atoms with Crippen LogP contribution in [-0.4, -0.2) is 26.4 Å². The van der Waals surface area contributed by atoms with E-state index in [0.717, 1.165) is 33.3 Å². The molecule has 0 spiro atoms. The molecule has 0 saturated carbocycles. The van der Waals surface area contributed by atoms with E-state index in [1.54, 1.807) is 6.21 Å². The molecule has 142 valence electrons. The van der Waals surface area contributed by atoms with Gasteiger partial charge in [0.1, 0.15) is 17.0 Å². The predicted molar refractivity (Wildman–Crippen MR) is 114 cm³/mol.